The van der Waals surface area contributed by atoms with Crippen LogP contribution in [0.3, 0.4) is 0 Å². The first-order valence-electron chi connectivity index (χ1n) is 10.4. The van der Waals surface area contributed by atoms with Gasteiger partial charge < -0.3 is 20.9 Å². The second-order valence-corrected chi connectivity index (χ2v) is 7.92. The second kappa shape index (κ2) is 10.9. The van der Waals surface area contributed by atoms with Crippen LogP contribution in [0.4, 0.5) is 11.4 Å². The molecule has 2 aromatic carbocycles. The monoisotopic (exact) mass is 427 g/mol. The van der Waals surface area contributed by atoms with Crippen molar-refractivity contribution in [1.82, 2.24) is 10.6 Å². The van der Waals surface area contributed by atoms with Gasteiger partial charge in [0.2, 0.25) is 5.91 Å². The molecule has 2 aromatic rings. The lowest BCUT2D eigenvalue weighted by Crippen LogP contribution is -2.44. The van der Waals surface area contributed by atoms with E-state index in [4.69, 9.17) is 11.6 Å². The number of rotatable bonds is 7. The Bertz CT molecular complexity index is 885. The number of carbonyl (C=O) groups excluding carboxylic acids is 1. The zero-order chi connectivity index (χ0) is 21.3. The summed E-state index contributed by atoms with van der Waals surface area (Å²) in [6.07, 6.45) is 2.41. The second-order valence-electron chi connectivity index (χ2n) is 7.48. The molecule has 3 rings (SSSR count). The van der Waals surface area contributed by atoms with Crippen molar-refractivity contribution in [2.45, 2.75) is 38.8 Å². The molecule has 1 unspecified atom stereocenters. The summed E-state index contributed by atoms with van der Waals surface area (Å²) in [5.74, 6) is 0.818. The molecular weight excluding hydrogens is 398 g/mol. The minimum atomic E-state index is 0.0468. The van der Waals surface area contributed by atoms with E-state index < -0.39 is 0 Å². The summed E-state index contributed by atoms with van der Waals surface area (Å²) in [5, 5.41) is 10.6. The van der Waals surface area contributed by atoms with Gasteiger partial charge in [-0.3, -0.25) is 9.79 Å². The summed E-state index contributed by atoms with van der Waals surface area (Å²) in [4.78, 5) is 18.5. The highest BCUT2D eigenvalue weighted by Gasteiger charge is 2.23. The van der Waals surface area contributed by atoms with Crippen LogP contribution >= 0.6 is 11.6 Å². The number of nitrogens with one attached hydrogen (secondary N) is 3. The Morgan fingerprint density at radius 1 is 1.23 bits per heavy atom. The molecule has 0 bridgehead atoms. The molecule has 1 aliphatic rings. The number of benzene rings is 2. The molecule has 1 heterocycles. The highest BCUT2D eigenvalue weighted by atomic mass is 35.5. The Balaban J connectivity index is 1.50. The van der Waals surface area contributed by atoms with Crippen LogP contribution in [0.25, 0.3) is 0 Å². The number of aliphatic imine (C=N–C) groups is 1. The number of amides is 1. The Labute approximate surface area is 183 Å². The minimum Gasteiger partial charge on any atom is -0.369 e. The molecule has 1 saturated heterocycles. The number of hydrogen-bond donors (Lipinski definition) is 3. The van der Waals surface area contributed by atoms with Gasteiger partial charge in [-0.25, -0.2) is 0 Å². The van der Waals surface area contributed by atoms with E-state index >= 15 is 0 Å². The zero-order valence-electron chi connectivity index (χ0n) is 17.6. The molecule has 6 nitrogen and oxygen atoms in total. The number of hydrogen-bond acceptors (Lipinski definition) is 3. The highest BCUT2D eigenvalue weighted by molar-refractivity contribution is 6.30. The molecule has 1 aliphatic heterocycles. The summed E-state index contributed by atoms with van der Waals surface area (Å²) in [6.45, 7) is 4.51. The molecule has 0 saturated carbocycles. The molecule has 0 aliphatic carbocycles. The van der Waals surface area contributed by atoms with Crippen molar-refractivity contribution >= 4 is 34.8 Å². The van der Waals surface area contributed by atoms with Crippen molar-refractivity contribution in [2.24, 2.45) is 4.99 Å². The van der Waals surface area contributed by atoms with E-state index in [9.17, 15) is 4.79 Å². The number of anilines is 2. The Morgan fingerprint density at radius 2 is 2.07 bits per heavy atom. The van der Waals surface area contributed by atoms with Crippen molar-refractivity contribution in [3.63, 3.8) is 0 Å². The molecule has 30 heavy (non-hydrogen) atoms. The number of guanidine groups is 1. The van der Waals surface area contributed by atoms with Crippen LogP contribution in [-0.2, 0) is 11.3 Å². The standard InChI is InChI=1S/C23H30ClN5O/c1-3-6-22(30)27-19-9-4-7-17(13-19)15-26-23(25-2)28-20-11-12-29(16-20)21-10-5-8-18(24)14-21/h4-5,7-10,13-14,20H,3,6,11-12,15-16H2,1-2H3,(H,27,30)(H2,25,26,28). The van der Waals surface area contributed by atoms with Crippen LogP contribution in [0.15, 0.2) is 53.5 Å². The predicted octanol–water partition coefficient (Wildman–Crippen LogP) is 4.02. The van der Waals surface area contributed by atoms with Crippen molar-refractivity contribution in [2.75, 3.05) is 30.4 Å². The molecule has 0 spiro atoms. The summed E-state index contributed by atoms with van der Waals surface area (Å²) < 4.78 is 0. The van der Waals surface area contributed by atoms with Crippen molar-refractivity contribution in [1.29, 1.82) is 0 Å². The Kier molecular flexibility index (Phi) is 7.97. The summed E-state index contributed by atoms with van der Waals surface area (Å²) in [5.41, 5.74) is 3.06. The number of carbonyl (C=O) groups is 1. The maximum Gasteiger partial charge on any atom is 0.224 e. The normalized spacial score (nSPS) is 16.4. The molecule has 7 heteroatoms. The quantitative estimate of drug-likeness (QED) is 0.461. The third-order valence-corrected chi connectivity index (χ3v) is 5.31. The van der Waals surface area contributed by atoms with Crippen LogP contribution < -0.4 is 20.9 Å². The average molecular weight is 428 g/mol. The molecule has 1 atom stereocenters. The van der Waals surface area contributed by atoms with E-state index in [1.165, 1.54) is 0 Å². The minimum absolute atomic E-state index is 0.0468. The maximum atomic E-state index is 11.8. The van der Waals surface area contributed by atoms with Gasteiger partial charge in [0.25, 0.3) is 0 Å². The van der Waals surface area contributed by atoms with Gasteiger partial charge in [0.1, 0.15) is 0 Å². The van der Waals surface area contributed by atoms with Crippen LogP contribution in [0.5, 0.6) is 0 Å². The van der Waals surface area contributed by atoms with Gasteiger partial charge in [-0.1, -0.05) is 36.7 Å². The van der Waals surface area contributed by atoms with Gasteiger partial charge in [-0.15, -0.1) is 0 Å². The summed E-state index contributed by atoms with van der Waals surface area (Å²) in [7, 11) is 1.78. The lowest BCUT2D eigenvalue weighted by molar-refractivity contribution is -0.116. The third-order valence-electron chi connectivity index (χ3n) is 5.07. The summed E-state index contributed by atoms with van der Waals surface area (Å²) >= 11 is 6.13. The lowest BCUT2D eigenvalue weighted by Gasteiger charge is -2.20. The Morgan fingerprint density at radius 3 is 2.83 bits per heavy atom. The predicted molar refractivity (Wildman–Crippen MR) is 125 cm³/mol. The van der Waals surface area contributed by atoms with Crippen molar-refractivity contribution in [3.8, 4) is 0 Å². The van der Waals surface area contributed by atoms with Gasteiger partial charge in [0, 0.05) is 55.5 Å². The fraction of sp³-hybridized carbons (Fsp3) is 0.391. The molecule has 3 N–H and O–H groups in total. The fourth-order valence-corrected chi connectivity index (χ4v) is 3.75. The summed E-state index contributed by atoms with van der Waals surface area (Å²) in [6, 6.07) is 16.2. The SMILES string of the molecule is CCCC(=O)Nc1cccc(CNC(=NC)NC2CCN(c3cccc(Cl)c3)C2)c1. The zero-order valence-corrected chi connectivity index (χ0v) is 18.4. The van der Waals surface area contributed by atoms with E-state index in [0.717, 1.165) is 53.9 Å². The van der Waals surface area contributed by atoms with E-state index in [0.29, 0.717) is 19.0 Å². The first kappa shape index (κ1) is 22.0. The third kappa shape index (κ3) is 6.39. The van der Waals surface area contributed by atoms with Crippen LogP contribution in [0.1, 0.15) is 31.7 Å². The van der Waals surface area contributed by atoms with Gasteiger partial charge in [0.05, 0.1) is 0 Å². The molecule has 0 aromatic heterocycles. The molecule has 1 amide bonds. The number of nitrogens with zero attached hydrogens (tertiary/aromatic N) is 2. The fourth-order valence-electron chi connectivity index (χ4n) is 3.57. The molecule has 160 valence electrons. The average Bonchev–Trinajstić information content (AvgIpc) is 3.20. The largest absolute Gasteiger partial charge is 0.369 e. The van der Waals surface area contributed by atoms with E-state index in [2.05, 4.69) is 31.9 Å². The molecular formula is C23H30ClN5O. The first-order valence-corrected chi connectivity index (χ1v) is 10.8. The van der Waals surface area contributed by atoms with Gasteiger partial charge >= 0.3 is 0 Å². The topological polar surface area (TPSA) is 68.8 Å². The first-order chi connectivity index (χ1) is 14.6. The van der Waals surface area contributed by atoms with E-state index in [1.54, 1.807) is 7.05 Å². The van der Waals surface area contributed by atoms with E-state index in [-0.39, 0.29) is 5.91 Å². The highest BCUT2D eigenvalue weighted by Crippen LogP contribution is 2.23. The van der Waals surface area contributed by atoms with Crippen molar-refractivity contribution < 1.29 is 4.79 Å². The van der Waals surface area contributed by atoms with Crippen molar-refractivity contribution in [3.05, 3.63) is 59.1 Å². The number of halogens is 1. The van der Waals surface area contributed by atoms with Crippen LogP contribution in [0, 0.1) is 0 Å². The molecule has 1 fully saturated rings. The van der Waals surface area contributed by atoms with Gasteiger partial charge in [-0.2, -0.15) is 0 Å². The van der Waals surface area contributed by atoms with Gasteiger partial charge in [-0.05, 0) is 48.7 Å². The molecule has 0 radical (unpaired) electrons. The van der Waals surface area contributed by atoms with E-state index in [1.807, 2.05) is 49.4 Å². The maximum absolute atomic E-state index is 11.8. The Hall–Kier alpha value is -2.73. The van der Waals surface area contributed by atoms with Crippen LogP contribution in [0.2, 0.25) is 5.02 Å². The lowest BCUT2D eigenvalue weighted by atomic mass is 10.2. The van der Waals surface area contributed by atoms with Crippen LogP contribution in [-0.4, -0.2) is 38.0 Å². The van der Waals surface area contributed by atoms with Gasteiger partial charge in [0.15, 0.2) is 5.96 Å². The smallest absolute Gasteiger partial charge is 0.224 e.